The van der Waals surface area contributed by atoms with Crippen molar-refractivity contribution in [2.45, 2.75) is 31.6 Å². The van der Waals surface area contributed by atoms with Crippen molar-refractivity contribution in [3.05, 3.63) is 190 Å². The van der Waals surface area contributed by atoms with Gasteiger partial charge in [-0.05, 0) is 107 Å². The number of fused-ring (bicyclic) bond motifs is 4. The van der Waals surface area contributed by atoms with Crippen LogP contribution in [0.15, 0.2) is 157 Å². The van der Waals surface area contributed by atoms with E-state index in [1.165, 1.54) is 94.3 Å². The van der Waals surface area contributed by atoms with E-state index in [1.807, 2.05) is 0 Å². The standard InChI is InChI=1S/C47H34/c1-47(2)43-13-6-5-11-39(43)40-25-22-34(28-44(40)47)38-24-19-33-20-26-41-37(23-18-32-21-27-42(38)46(33)45(32)41)31-16-14-30(15-17-31)36-12-7-9-29-8-3-4-10-35(29)36/h3-20,22-28,46H,21H2,1-2H3. The summed E-state index contributed by atoms with van der Waals surface area (Å²) in [6, 6.07) is 45.3. The van der Waals surface area contributed by atoms with E-state index in [0.29, 0.717) is 0 Å². The van der Waals surface area contributed by atoms with Crippen LogP contribution in [0, 0.1) is 0 Å². The molecule has 4 aliphatic rings. The molecule has 1 unspecified atom stereocenters. The largest absolute Gasteiger partial charge is 0.0753 e. The van der Waals surface area contributed by atoms with Crippen LogP contribution < -0.4 is 0 Å². The van der Waals surface area contributed by atoms with Crippen molar-refractivity contribution in [2.24, 2.45) is 0 Å². The number of allylic oxidation sites excluding steroid dienone is 7. The Labute approximate surface area is 276 Å². The maximum absolute atomic E-state index is 2.50. The topological polar surface area (TPSA) is 0 Å². The first-order valence-corrected chi connectivity index (χ1v) is 16.9. The highest BCUT2D eigenvalue weighted by atomic mass is 14.4. The number of rotatable bonds is 3. The van der Waals surface area contributed by atoms with Gasteiger partial charge in [0.15, 0.2) is 0 Å². The molecule has 10 rings (SSSR count). The van der Waals surface area contributed by atoms with Crippen LogP contribution in [0.3, 0.4) is 0 Å². The zero-order chi connectivity index (χ0) is 31.3. The SMILES string of the molecule is CC1(C)c2ccccc2-c2ccc(C3=CC=C4C=Cc5c(-c6ccc(-c7cccc8ccccc78)cc6)ccc6c5C4C3=CC6)cc21. The third-order valence-electron chi connectivity index (χ3n) is 11.2. The van der Waals surface area contributed by atoms with Crippen LogP contribution in [-0.4, -0.2) is 0 Å². The van der Waals surface area contributed by atoms with Crippen LogP contribution >= 0.6 is 0 Å². The van der Waals surface area contributed by atoms with E-state index in [0.717, 1.165) is 6.42 Å². The van der Waals surface area contributed by atoms with Crippen LogP contribution in [0.4, 0.5) is 0 Å². The molecule has 0 aliphatic heterocycles. The van der Waals surface area contributed by atoms with Gasteiger partial charge in [-0.2, -0.15) is 0 Å². The number of hydrogen-bond donors (Lipinski definition) is 0. The number of benzene rings is 6. The first kappa shape index (κ1) is 26.7. The summed E-state index contributed by atoms with van der Waals surface area (Å²) in [4.78, 5) is 0. The lowest BCUT2D eigenvalue weighted by molar-refractivity contribution is 0.660. The molecule has 0 saturated heterocycles. The average Bonchev–Trinajstić information content (AvgIpc) is 3.36. The molecule has 0 radical (unpaired) electrons. The second-order valence-electron chi connectivity index (χ2n) is 14.0. The molecule has 6 aromatic rings. The summed E-state index contributed by atoms with van der Waals surface area (Å²) in [7, 11) is 0. The molecular formula is C47H34. The van der Waals surface area contributed by atoms with Gasteiger partial charge in [-0.1, -0.05) is 159 Å². The van der Waals surface area contributed by atoms with Crippen LogP contribution in [0.25, 0.3) is 55.8 Å². The van der Waals surface area contributed by atoms with Gasteiger partial charge < -0.3 is 0 Å². The zero-order valence-electron chi connectivity index (χ0n) is 26.7. The van der Waals surface area contributed by atoms with Crippen LogP contribution in [0.1, 0.15) is 53.1 Å². The minimum atomic E-state index is -0.00941. The lowest BCUT2D eigenvalue weighted by atomic mass is 9.67. The molecule has 0 heteroatoms. The van der Waals surface area contributed by atoms with Crippen molar-refractivity contribution in [1.29, 1.82) is 0 Å². The summed E-state index contributed by atoms with van der Waals surface area (Å²) in [5, 5.41) is 2.58. The van der Waals surface area contributed by atoms with Crippen molar-refractivity contribution >= 4 is 22.4 Å². The van der Waals surface area contributed by atoms with Gasteiger partial charge in [-0.3, -0.25) is 0 Å². The average molecular weight is 599 g/mol. The predicted molar refractivity (Wildman–Crippen MR) is 198 cm³/mol. The second kappa shape index (κ2) is 9.77. The van der Waals surface area contributed by atoms with E-state index >= 15 is 0 Å². The van der Waals surface area contributed by atoms with Crippen molar-refractivity contribution in [2.75, 3.05) is 0 Å². The molecule has 1 atom stereocenters. The minimum Gasteiger partial charge on any atom is -0.0753 e. The highest BCUT2D eigenvalue weighted by Gasteiger charge is 2.37. The van der Waals surface area contributed by atoms with Gasteiger partial charge in [0.2, 0.25) is 0 Å². The molecule has 47 heavy (non-hydrogen) atoms. The Hall–Kier alpha value is -5.46. The van der Waals surface area contributed by atoms with Crippen LogP contribution in [0.5, 0.6) is 0 Å². The molecule has 0 heterocycles. The summed E-state index contributed by atoms with van der Waals surface area (Å²) in [5.41, 5.74) is 20.6. The fourth-order valence-electron chi connectivity index (χ4n) is 8.88. The first-order valence-electron chi connectivity index (χ1n) is 16.9. The third-order valence-corrected chi connectivity index (χ3v) is 11.2. The molecule has 4 aliphatic carbocycles. The monoisotopic (exact) mass is 598 g/mol. The zero-order valence-corrected chi connectivity index (χ0v) is 26.7. The van der Waals surface area contributed by atoms with Crippen molar-refractivity contribution in [1.82, 2.24) is 0 Å². The van der Waals surface area contributed by atoms with Gasteiger partial charge in [-0.15, -0.1) is 0 Å². The molecule has 0 spiro atoms. The van der Waals surface area contributed by atoms with Crippen LogP contribution in [0.2, 0.25) is 0 Å². The molecular weight excluding hydrogens is 565 g/mol. The molecule has 0 fully saturated rings. The van der Waals surface area contributed by atoms with Gasteiger partial charge in [0, 0.05) is 11.3 Å². The van der Waals surface area contributed by atoms with Gasteiger partial charge in [0.25, 0.3) is 0 Å². The molecule has 222 valence electrons. The molecule has 6 aromatic carbocycles. The maximum Gasteiger partial charge on any atom is 0.0352 e. The second-order valence-corrected chi connectivity index (χ2v) is 14.0. The van der Waals surface area contributed by atoms with E-state index < -0.39 is 0 Å². The summed E-state index contributed by atoms with van der Waals surface area (Å²) in [5.74, 6) is 0.270. The molecule has 0 N–H and O–H groups in total. The highest BCUT2D eigenvalue weighted by Crippen LogP contribution is 2.54. The Kier molecular flexibility index (Phi) is 5.56. The molecule has 0 amide bonds. The molecule has 0 nitrogen and oxygen atoms in total. The Morgan fingerprint density at radius 1 is 0.574 bits per heavy atom. The van der Waals surface area contributed by atoms with E-state index in [9.17, 15) is 0 Å². The fraction of sp³-hybridized carbons (Fsp3) is 0.106. The van der Waals surface area contributed by atoms with Crippen molar-refractivity contribution in [3.63, 3.8) is 0 Å². The quantitative estimate of drug-likeness (QED) is 0.190. The van der Waals surface area contributed by atoms with Gasteiger partial charge >= 0.3 is 0 Å². The molecule has 0 bridgehead atoms. The van der Waals surface area contributed by atoms with E-state index in [4.69, 9.17) is 0 Å². The molecule has 0 aromatic heterocycles. The van der Waals surface area contributed by atoms with Crippen molar-refractivity contribution in [3.8, 4) is 33.4 Å². The highest BCUT2D eigenvalue weighted by molar-refractivity contribution is 5.97. The Morgan fingerprint density at radius 2 is 1.28 bits per heavy atom. The third kappa shape index (κ3) is 3.82. The van der Waals surface area contributed by atoms with E-state index in [1.54, 1.807) is 0 Å². The smallest absolute Gasteiger partial charge is 0.0352 e. The Morgan fingerprint density at radius 3 is 2.17 bits per heavy atom. The lowest BCUT2D eigenvalue weighted by Gasteiger charge is -2.37. The Balaban J connectivity index is 1.04. The summed E-state index contributed by atoms with van der Waals surface area (Å²) >= 11 is 0. The summed E-state index contributed by atoms with van der Waals surface area (Å²) in [6.45, 7) is 4.75. The predicted octanol–water partition coefficient (Wildman–Crippen LogP) is 12.1. The van der Waals surface area contributed by atoms with Gasteiger partial charge in [0.1, 0.15) is 0 Å². The van der Waals surface area contributed by atoms with Gasteiger partial charge in [-0.25, -0.2) is 0 Å². The number of hydrogen-bond acceptors (Lipinski definition) is 0. The van der Waals surface area contributed by atoms with Gasteiger partial charge in [0.05, 0.1) is 0 Å². The maximum atomic E-state index is 2.50. The lowest BCUT2D eigenvalue weighted by Crippen LogP contribution is -2.20. The summed E-state index contributed by atoms with van der Waals surface area (Å²) < 4.78 is 0. The van der Waals surface area contributed by atoms with Crippen LogP contribution in [-0.2, 0) is 11.8 Å². The molecule has 0 saturated carbocycles. The minimum absolute atomic E-state index is 0.00941. The van der Waals surface area contributed by atoms with E-state index in [-0.39, 0.29) is 11.3 Å². The first-order chi connectivity index (χ1) is 23.1. The van der Waals surface area contributed by atoms with Crippen molar-refractivity contribution < 1.29 is 0 Å². The fourth-order valence-corrected chi connectivity index (χ4v) is 8.88. The van der Waals surface area contributed by atoms with E-state index in [2.05, 4.69) is 166 Å². The Bertz CT molecular complexity index is 2430. The normalized spacial score (nSPS) is 17.7. The summed E-state index contributed by atoms with van der Waals surface area (Å²) in [6.07, 6.45) is 12.9.